The Morgan fingerprint density at radius 2 is 1.79 bits per heavy atom. The maximum absolute atomic E-state index is 13.1. The van der Waals surface area contributed by atoms with E-state index in [4.69, 9.17) is 11.6 Å². The van der Waals surface area contributed by atoms with Crippen molar-refractivity contribution in [3.8, 4) is 11.3 Å². The van der Waals surface area contributed by atoms with Crippen molar-refractivity contribution < 1.29 is 9.18 Å². The Morgan fingerprint density at radius 1 is 1.07 bits per heavy atom. The Kier molecular flexibility index (Phi) is 5.71. The zero-order valence-electron chi connectivity index (χ0n) is 15.1. The van der Waals surface area contributed by atoms with Gasteiger partial charge in [-0.25, -0.2) is 9.37 Å². The minimum Gasteiger partial charge on any atom is -0.336 e. The predicted molar refractivity (Wildman–Crippen MR) is 110 cm³/mol. The molecule has 1 amide bonds. The highest BCUT2D eigenvalue weighted by Gasteiger charge is 2.24. The first kappa shape index (κ1) is 19.1. The zero-order chi connectivity index (χ0) is 19.5. The smallest absolute Gasteiger partial charge is 0.255 e. The first-order valence-electron chi connectivity index (χ1n) is 9.06. The summed E-state index contributed by atoms with van der Waals surface area (Å²) in [5.74, 6) is -0.262. The molecule has 4 nitrogen and oxygen atoms in total. The molecule has 0 aliphatic carbocycles. The molecule has 0 atom stereocenters. The van der Waals surface area contributed by atoms with E-state index >= 15 is 0 Å². The van der Waals surface area contributed by atoms with Crippen molar-refractivity contribution in [2.45, 2.75) is 6.54 Å². The van der Waals surface area contributed by atoms with E-state index in [1.165, 1.54) is 12.1 Å². The third-order valence-electron chi connectivity index (χ3n) is 4.81. The fraction of sp³-hybridized carbons (Fsp3) is 0.238. The molecule has 1 aliphatic rings. The van der Waals surface area contributed by atoms with Crippen LogP contribution in [0.25, 0.3) is 11.3 Å². The molecule has 4 rings (SSSR count). The fourth-order valence-corrected chi connectivity index (χ4v) is 4.30. The lowest BCUT2D eigenvalue weighted by Gasteiger charge is -2.34. The number of carbonyl (C=O) groups excluding carboxylic acids is 1. The Balaban J connectivity index is 1.34. The predicted octanol–water partition coefficient (Wildman–Crippen LogP) is 4.56. The van der Waals surface area contributed by atoms with Gasteiger partial charge in [0.15, 0.2) is 0 Å². The van der Waals surface area contributed by atoms with Crippen LogP contribution >= 0.6 is 22.9 Å². The minimum absolute atomic E-state index is 0.0157. The van der Waals surface area contributed by atoms with E-state index in [0.717, 1.165) is 35.9 Å². The summed E-state index contributed by atoms with van der Waals surface area (Å²) in [6.07, 6.45) is 0. The number of halogens is 2. The van der Waals surface area contributed by atoms with E-state index in [1.54, 1.807) is 35.6 Å². The molecule has 1 aliphatic heterocycles. The van der Waals surface area contributed by atoms with Gasteiger partial charge in [-0.3, -0.25) is 9.69 Å². The lowest BCUT2D eigenvalue weighted by molar-refractivity contribution is 0.0628. The van der Waals surface area contributed by atoms with Gasteiger partial charge in [0.25, 0.3) is 5.91 Å². The number of benzene rings is 2. The SMILES string of the molecule is O=C(c1ccccc1Cl)N1CCN(Cc2nc(-c3ccc(F)cc3)cs2)CC1. The van der Waals surface area contributed by atoms with Crippen LogP contribution in [-0.4, -0.2) is 46.9 Å². The molecule has 1 fully saturated rings. The van der Waals surface area contributed by atoms with Gasteiger partial charge in [0.05, 0.1) is 22.8 Å². The summed E-state index contributed by atoms with van der Waals surface area (Å²) in [5.41, 5.74) is 2.34. The molecule has 0 radical (unpaired) electrons. The van der Waals surface area contributed by atoms with Crippen LogP contribution in [0.15, 0.2) is 53.9 Å². The molecule has 1 aromatic heterocycles. The van der Waals surface area contributed by atoms with Crippen molar-refractivity contribution in [3.05, 3.63) is 75.3 Å². The monoisotopic (exact) mass is 415 g/mol. The number of aromatic nitrogens is 1. The molecule has 0 N–H and O–H groups in total. The Hall–Kier alpha value is -2.28. The van der Waals surface area contributed by atoms with Gasteiger partial charge in [0.1, 0.15) is 10.8 Å². The first-order chi connectivity index (χ1) is 13.6. The van der Waals surface area contributed by atoms with Crippen molar-refractivity contribution in [2.24, 2.45) is 0 Å². The third-order valence-corrected chi connectivity index (χ3v) is 5.98. The van der Waals surface area contributed by atoms with Crippen LogP contribution in [0.2, 0.25) is 5.02 Å². The molecule has 2 aromatic carbocycles. The highest BCUT2D eigenvalue weighted by atomic mass is 35.5. The number of carbonyl (C=O) groups is 1. The van der Waals surface area contributed by atoms with Gasteiger partial charge in [0.2, 0.25) is 0 Å². The lowest BCUT2D eigenvalue weighted by atomic mass is 10.2. The summed E-state index contributed by atoms with van der Waals surface area (Å²) in [6, 6.07) is 13.5. The van der Waals surface area contributed by atoms with Crippen LogP contribution < -0.4 is 0 Å². The molecule has 1 saturated heterocycles. The highest BCUT2D eigenvalue weighted by Crippen LogP contribution is 2.24. The molecular formula is C21H19ClFN3OS. The zero-order valence-corrected chi connectivity index (χ0v) is 16.7. The number of hydrogen-bond acceptors (Lipinski definition) is 4. The Labute approximate surface area is 172 Å². The van der Waals surface area contributed by atoms with Crippen LogP contribution in [-0.2, 0) is 6.54 Å². The van der Waals surface area contributed by atoms with Crippen molar-refractivity contribution >= 4 is 28.8 Å². The largest absolute Gasteiger partial charge is 0.336 e. The van der Waals surface area contributed by atoms with Crippen LogP contribution in [0.3, 0.4) is 0 Å². The van der Waals surface area contributed by atoms with Gasteiger partial charge in [-0.1, -0.05) is 23.7 Å². The molecule has 7 heteroatoms. The van der Waals surface area contributed by atoms with Gasteiger partial charge >= 0.3 is 0 Å². The van der Waals surface area contributed by atoms with Crippen molar-refractivity contribution in [1.29, 1.82) is 0 Å². The quantitative estimate of drug-likeness (QED) is 0.626. The average molecular weight is 416 g/mol. The van der Waals surface area contributed by atoms with E-state index in [1.807, 2.05) is 22.4 Å². The summed E-state index contributed by atoms with van der Waals surface area (Å²) < 4.78 is 13.1. The second kappa shape index (κ2) is 8.39. The maximum Gasteiger partial charge on any atom is 0.255 e. The van der Waals surface area contributed by atoms with Crippen LogP contribution in [0.1, 0.15) is 15.4 Å². The molecule has 0 unspecified atom stereocenters. The van der Waals surface area contributed by atoms with Gasteiger partial charge in [-0.2, -0.15) is 0 Å². The summed E-state index contributed by atoms with van der Waals surface area (Å²) in [5, 5.41) is 3.51. The van der Waals surface area contributed by atoms with Gasteiger partial charge in [-0.05, 0) is 36.4 Å². The average Bonchev–Trinajstić information content (AvgIpc) is 3.17. The highest BCUT2D eigenvalue weighted by molar-refractivity contribution is 7.09. The molecule has 144 valence electrons. The lowest BCUT2D eigenvalue weighted by Crippen LogP contribution is -2.48. The summed E-state index contributed by atoms with van der Waals surface area (Å²) in [6.45, 7) is 3.67. The van der Waals surface area contributed by atoms with Crippen molar-refractivity contribution in [2.75, 3.05) is 26.2 Å². The van der Waals surface area contributed by atoms with Crippen LogP contribution in [0.5, 0.6) is 0 Å². The molecule has 3 aromatic rings. The van der Waals surface area contributed by atoms with E-state index in [-0.39, 0.29) is 11.7 Å². The van der Waals surface area contributed by atoms with E-state index in [9.17, 15) is 9.18 Å². The number of hydrogen-bond donors (Lipinski definition) is 0. The van der Waals surface area contributed by atoms with Gasteiger partial charge in [-0.15, -0.1) is 11.3 Å². The Morgan fingerprint density at radius 3 is 2.50 bits per heavy atom. The van der Waals surface area contributed by atoms with Crippen molar-refractivity contribution in [1.82, 2.24) is 14.8 Å². The fourth-order valence-electron chi connectivity index (χ4n) is 3.24. The number of thiazole rings is 1. The van der Waals surface area contributed by atoms with Crippen LogP contribution in [0, 0.1) is 5.82 Å². The molecule has 2 heterocycles. The standard InChI is InChI=1S/C21H19ClFN3OS/c22-18-4-2-1-3-17(18)21(27)26-11-9-25(10-12-26)13-20-24-19(14-28-20)15-5-7-16(23)8-6-15/h1-8,14H,9-13H2. The third kappa shape index (κ3) is 4.24. The second-order valence-corrected chi connectivity index (χ2v) is 8.03. The van der Waals surface area contributed by atoms with Gasteiger partial charge < -0.3 is 4.90 Å². The van der Waals surface area contributed by atoms with Crippen LogP contribution in [0.4, 0.5) is 4.39 Å². The number of piperazine rings is 1. The van der Waals surface area contributed by atoms with E-state index in [0.29, 0.717) is 23.7 Å². The maximum atomic E-state index is 13.1. The van der Waals surface area contributed by atoms with E-state index in [2.05, 4.69) is 9.88 Å². The van der Waals surface area contributed by atoms with Crippen molar-refractivity contribution in [3.63, 3.8) is 0 Å². The topological polar surface area (TPSA) is 36.4 Å². The number of rotatable bonds is 4. The molecule has 0 bridgehead atoms. The first-order valence-corrected chi connectivity index (χ1v) is 10.3. The summed E-state index contributed by atoms with van der Waals surface area (Å²) in [7, 11) is 0. The number of amides is 1. The Bertz CT molecular complexity index is 968. The molecule has 0 saturated carbocycles. The van der Waals surface area contributed by atoms with Gasteiger partial charge in [0, 0.05) is 37.1 Å². The number of nitrogens with zero attached hydrogens (tertiary/aromatic N) is 3. The minimum atomic E-state index is -0.247. The molecule has 0 spiro atoms. The molecule has 28 heavy (non-hydrogen) atoms. The van der Waals surface area contributed by atoms with E-state index < -0.39 is 0 Å². The summed E-state index contributed by atoms with van der Waals surface area (Å²) >= 11 is 7.75. The normalized spacial score (nSPS) is 15.0. The molecular weight excluding hydrogens is 397 g/mol. The summed E-state index contributed by atoms with van der Waals surface area (Å²) in [4.78, 5) is 21.5. The second-order valence-electron chi connectivity index (χ2n) is 6.68.